The van der Waals surface area contributed by atoms with Gasteiger partial charge in [0.1, 0.15) is 0 Å². The van der Waals surface area contributed by atoms with Crippen LogP contribution in [0.25, 0.3) is 0 Å². The molecule has 1 aliphatic carbocycles. The van der Waals surface area contributed by atoms with Crippen LogP contribution in [0.3, 0.4) is 0 Å². The number of allylic oxidation sites excluding steroid dienone is 2. The second-order valence-electron chi connectivity index (χ2n) is 7.02. The molecular weight excluding hydrogens is 314 g/mol. The van der Waals surface area contributed by atoms with Crippen molar-refractivity contribution in [1.82, 2.24) is 0 Å². The topological polar surface area (TPSA) is 23.8 Å². The van der Waals surface area contributed by atoms with Crippen molar-refractivity contribution in [1.29, 1.82) is 5.26 Å². The first-order chi connectivity index (χ1) is 12.8. The molecule has 0 saturated heterocycles. The van der Waals surface area contributed by atoms with Crippen molar-refractivity contribution in [2.45, 2.75) is 44.9 Å². The highest BCUT2D eigenvalue weighted by atomic mass is 14.3. The first-order valence-corrected chi connectivity index (χ1v) is 9.55. The number of aryl methyl sites for hydroxylation is 1. The molecular formula is C25H25N. The average molecular weight is 339 g/mol. The van der Waals surface area contributed by atoms with E-state index in [0.717, 1.165) is 17.9 Å². The third kappa shape index (κ3) is 4.87. The van der Waals surface area contributed by atoms with E-state index in [4.69, 9.17) is 5.26 Å². The summed E-state index contributed by atoms with van der Waals surface area (Å²) in [6.45, 7) is 2.21. The van der Waals surface area contributed by atoms with Gasteiger partial charge in [0.15, 0.2) is 0 Å². The van der Waals surface area contributed by atoms with Gasteiger partial charge >= 0.3 is 0 Å². The van der Waals surface area contributed by atoms with Gasteiger partial charge in [-0.1, -0.05) is 49.1 Å². The highest BCUT2D eigenvalue weighted by Crippen LogP contribution is 2.36. The van der Waals surface area contributed by atoms with Gasteiger partial charge in [0.05, 0.1) is 11.6 Å². The molecule has 0 aliphatic heterocycles. The number of hydrogen-bond donors (Lipinski definition) is 0. The molecule has 0 atom stereocenters. The summed E-state index contributed by atoms with van der Waals surface area (Å²) in [4.78, 5) is 0. The van der Waals surface area contributed by atoms with Crippen LogP contribution in [0.1, 0.15) is 60.8 Å². The van der Waals surface area contributed by atoms with E-state index in [1.807, 2.05) is 30.3 Å². The maximum atomic E-state index is 8.80. The standard InChI is InChI=1S/C25H25N/c1-2-20-11-15-24(16-12-20)25-17-13-22(14-18-25)6-4-3-5-21-7-9-23(19-26)10-8-21/h4,6-12,15-16,22,25H,2,13-14,17-18H2,1H3. The highest BCUT2D eigenvalue weighted by Gasteiger charge is 2.20. The largest absolute Gasteiger partial charge is 0.192 e. The first kappa shape index (κ1) is 18.0. The monoisotopic (exact) mass is 339 g/mol. The lowest BCUT2D eigenvalue weighted by atomic mass is 9.78. The quantitative estimate of drug-likeness (QED) is 0.629. The minimum absolute atomic E-state index is 0.649. The Kier molecular flexibility index (Phi) is 6.29. The number of nitrogens with zero attached hydrogens (tertiary/aromatic N) is 1. The van der Waals surface area contributed by atoms with Crippen LogP contribution < -0.4 is 0 Å². The lowest BCUT2D eigenvalue weighted by molar-refractivity contribution is 0.376. The van der Waals surface area contributed by atoms with E-state index >= 15 is 0 Å². The molecule has 0 amide bonds. The minimum Gasteiger partial charge on any atom is -0.192 e. The van der Waals surface area contributed by atoms with E-state index in [0.29, 0.717) is 11.5 Å². The van der Waals surface area contributed by atoms with E-state index in [-0.39, 0.29) is 0 Å². The molecule has 1 nitrogen and oxygen atoms in total. The third-order valence-electron chi connectivity index (χ3n) is 5.31. The molecule has 1 saturated carbocycles. The zero-order valence-electron chi connectivity index (χ0n) is 15.4. The molecule has 0 aromatic heterocycles. The van der Waals surface area contributed by atoms with Crippen LogP contribution >= 0.6 is 0 Å². The van der Waals surface area contributed by atoms with Crippen molar-refractivity contribution in [3.05, 3.63) is 82.9 Å². The molecule has 1 fully saturated rings. The molecule has 0 N–H and O–H groups in total. The number of hydrogen-bond acceptors (Lipinski definition) is 1. The molecule has 0 bridgehead atoms. The first-order valence-electron chi connectivity index (χ1n) is 9.55. The third-order valence-corrected chi connectivity index (χ3v) is 5.31. The van der Waals surface area contributed by atoms with E-state index in [2.05, 4.69) is 55.2 Å². The zero-order valence-corrected chi connectivity index (χ0v) is 15.4. The zero-order chi connectivity index (χ0) is 18.2. The van der Waals surface area contributed by atoms with Crippen molar-refractivity contribution < 1.29 is 0 Å². The fourth-order valence-electron chi connectivity index (χ4n) is 3.61. The minimum atomic E-state index is 0.649. The maximum Gasteiger partial charge on any atom is 0.0991 e. The van der Waals surface area contributed by atoms with Gasteiger partial charge in [-0.2, -0.15) is 5.26 Å². The van der Waals surface area contributed by atoms with Gasteiger partial charge in [-0.15, -0.1) is 0 Å². The van der Waals surface area contributed by atoms with Crippen molar-refractivity contribution in [3.63, 3.8) is 0 Å². The Bertz CT molecular complexity index is 830. The Morgan fingerprint density at radius 2 is 1.58 bits per heavy atom. The molecule has 2 aromatic carbocycles. The second kappa shape index (κ2) is 9.07. The predicted molar refractivity (Wildman–Crippen MR) is 108 cm³/mol. The molecule has 0 heterocycles. The van der Waals surface area contributed by atoms with Gasteiger partial charge in [-0.05, 0) is 85.4 Å². The SMILES string of the molecule is CCc1ccc(C2CCC(C=CC#Cc3ccc(C#N)cc3)CC2)cc1. The lowest BCUT2D eigenvalue weighted by Gasteiger charge is -2.27. The van der Waals surface area contributed by atoms with Crippen LogP contribution in [-0.4, -0.2) is 0 Å². The molecule has 0 radical (unpaired) electrons. The summed E-state index contributed by atoms with van der Waals surface area (Å²) in [5, 5.41) is 8.80. The summed E-state index contributed by atoms with van der Waals surface area (Å²) < 4.78 is 0. The van der Waals surface area contributed by atoms with Crippen LogP contribution in [0.2, 0.25) is 0 Å². The van der Waals surface area contributed by atoms with Crippen molar-refractivity contribution in [2.75, 3.05) is 0 Å². The summed E-state index contributed by atoms with van der Waals surface area (Å²) in [5.41, 5.74) is 4.55. The van der Waals surface area contributed by atoms with Crippen LogP contribution in [-0.2, 0) is 6.42 Å². The van der Waals surface area contributed by atoms with Crippen molar-refractivity contribution in [2.24, 2.45) is 5.92 Å². The maximum absolute atomic E-state index is 8.80. The molecule has 1 aliphatic rings. The molecule has 2 aromatic rings. The number of nitriles is 1. The number of benzene rings is 2. The Morgan fingerprint density at radius 3 is 2.19 bits per heavy atom. The summed E-state index contributed by atoms with van der Waals surface area (Å²) in [7, 11) is 0. The molecule has 130 valence electrons. The molecule has 26 heavy (non-hydrogen) atoms. The fraction of sp³-hybridized carbons (Fsp3) is 0.320. The van der Waals surface area contributed by atoms with Crippen LogP contribution in [0.15, 0.2) is 60.7 Å². The molecule has 1 heteroatoms. The van der Waals surface area contributed by atoms with Gasteiger partial charge in [-0.25, -0.2) is 0 Å². The Hall–Kier alpha value is -2.77. The Labute approximate surface area is 157 Å². The smallest absolute Gasteiger partial charge is 0.0991 e. The van der Waals surface area contributed by atoms with Gasteiger partial charge in [0.25, 0.3) is 0 Å². The van der Waals surface area contributed by atoms with Crippen LogP contribution in [0.4, 0.5) is 0 Å². The van der Waals surface area contributed by atoms with Crippen LogP contribution in [0, 0.1) is 29.1 Å². The van der Waals surface area contributed by atoms with Gasteiger partial charge in [0, 0.05) is 5.56 Å². The Balaban J connectivity index is 1.49. The van der Waals surface area contributed by atoms with E-state index in [1.165, 1.54) is 36.8 Å². The predicted octanol–water partition coefficient (Wildman–Crippen LogP) is 6.00. The molecule has 0 spiro atoms. The summed E-state index contributed by atoms with van der Waals surface area (Å²) in [6.07, 6.45) is 10.4. The summed E-state index contributed by atoms with van der Waals surface area (Å²) in [5.74, 6) is 7.63. The van der Waals surface area contributed by atoms with E-state index in [9.17, 15) is 0 Å². The fourth-order valence-corrected chi connectivity index (χ4v) is 3.61. The Morgan fingerprint density at radius 1 is 0.923 bits per heavy atom. The van der Waals surface area contributed by atoms with Gasteiger partial charge in [-0.3, -0.25) is 0 Å². The van der Waals surface area contributed by atoms with Crippen LogP contribution in [0.5, 0.6) is 0 Å². The lowest BCUT2D eigenvalue weighted by Crippen LogP contribution is -2.11. The summed E-state index contributed by atoms with van der Waals surface area (Å²) >= 11 is 0. The average Bonchev–Trinajstić information content (AvgIpc) is 2.72. The molecule has 0 unspecified atom stereocenters. The van der Waals surface area contributed by atoms with Crippen molar-refractivity contribution in [3.8, 4) is 17.9 Å². The van der Waals surface area contributed by atoms with Crippen molar-refractivity contribution >= 4 is 0 Å². The summed E-state index contributed by atoms with van der Waals surface area (Å²) in [6, 6.07) is 18.7. The second-order valence-corrected chi connectivity index (χ2v) is 7.02. The molecule has 3 rings (SSSR count). The normalized spacial score (nSPS) is 19.5. The van der Waals surface area contributed by atoms with Gasteiger partial charge in [0.2, 0.25) is 0 Å². The van der Waals surface area contributed by atoms with E-state index in [1.54, 1.807) is 0 Å². The van der Waals surface area contributed by atoms with Gasteiger partial charge < -0.3 is 0 Å². The highest BCUT2D eigenvalue weighted by molar-refractivity contribution is 5.41. The van der Waals surface area contributed by atoms with E-state index < -0.39 is 0 Å². The number of rotatable bonds is 3.